The molecule has 5 heteroatoms. The highest BCUT2D eigenvalue weighted by molar-refractivity contribution is 9.10. The van der Waals surface area contributed by atoms with Gasteiger partial charge in [-0.15, -0.1) is 0 Å². The first-order valence-corrected chi connectivity index (χ1v) is 5.86. The Hall–Kier alpha value is -1.62. The van der Waals surface area contributed by atoms with Gasteiger partial charge in [0.25, 0.3) is 5.91 Å². The van der Waals surface area contributed by atoms with Crippen LogP contribution in [0.5, 0.6) is 0 Å². The molecule has 88 valence electrons. The van der Waals surface area contributed by atoms with Crippen LogP contribution in [-0.2, 0) is 0 Å². The summed E-state index contributed by atoms with van der Waals surface area (Å²) >= 11 is 3.37. The molecule has 0 aliphatic carbocycles. The third kappa shape index (κ3) is 2.74. The van der Waals surface area contributed by atoms with Crippen molar-refractivity contribution in [2.45, 2.75) is 13.8 Å². The van der Waals surface area contributed by atoms with Crippen LogP contribution in [0.15, 0.2) is 33.3 Å². The molecule has 2 aromatic rings. The minimum atomic E-state index is -0.271. The van der Waals surface area contributed by atoms with Gasteiger partial charge in [-0.1, -0.05) is 21.1 Å². The molecule has 0 radical (unpaired) electrons. The van der Waals surface area contributed by atoms with Crippen LogP contribution in [0.25, 0.3) is 0 Å². The molecule has 2 rings (SSSR count). The second-order valence-electron chi connectivity index (χ2n) is 3.74. The fourth-order valence-electron chi connectivity index (χ4n) is 1.43. The van der Waals surface area contributed by atoms with E-state index in [4.69, 9.17) is 4.52 Å². The zero-order valence-corrected chi connectivity index (χ0v) is 11.0. The van der Waals surface area contributed by atoms with Crippen LogP contribution in [0.2, 0.25) is 0 Å². The van der Waals surface area contributed by atoms with Crippen molar-refractivity contribution in [1.82, 2.24) is 5.16 Å². The molecule has 0 aliphatic heterocycles. The minimum Gasteiger partial charge on any atom is -0.361 e. The lowest BCUT2D eigenvalue weighted by Gasteiger charge is -2.06. The van der Waals surface area contributed by atoms with Crippen LogP contribution in [0, 0.1) is 13.8 Å². The highest BCUT2D eigenvalue weighted by Gasteiger charge is 2.11. The maximum atomic E-state index is 11.8. The van der Waals surface area contributed by atoms with Gasteiger partial charge in [-0.25, -0.2) is 0 Å². The average molecular weight is 295 g/mol. The number of rotatable bonds is 2. The molecule has 0 saturated carbocycles. The molecule has 0 saturated heterocycles. The molecular formula is C12H11BrN2O2. The molecule has 0 spiro atoms. The average Bonchev–Trinajstić information content (AvgIpc) is 2.69. The monoisotopic (exact) mass is 294 g/mol. The van der Waals surface area contributed by atoms with E-state index < -0.39 is 0 Å². The first-order valence-electron chi connectivity index (χ1n) is 5.07. The van der Waals surface area contributed by atoms with Crippen molar-refractivity contribution in [1.29, 1.82) is 0 Å². The van der Waals surface area contributed by atoms with Crippen LogP contribution in [0.4, 0.5) is 5.69 Å². The van der Waals surface area contributed by atoms with E-state index in [1.807, 2.05) is 25.1 Å². The van der Waals surface area contributed by atoms with Crippen molar-refractivity contribution in [2.75, 3.05) is 5.32 Å². The number of nitrogens with one attached hydrogen (secondary N) is 1. The molecule has 17 heavy (non-hydrogen) atoms. The second-order valence-corrected chi connectivity index (χ2v) is 4.65. The van der Waals surface area contributed by atoms with E-state index >= 15 is 0 Å². The lowest BCUT2D eigenvalue weighted by molar-refractivity contribution is 0.101. The molecule has 4 nitrogen and oxygen atoms in total. The third-order valence-electron chi connectivity index (χ3n) is 2.30. The molecular weight excluding hydrogens is 284 g/mol. The van der Waals surface area contributed by atoms with Crippen molar-refractivity contribution in [3.63, 3.8) is 0 Å². The van der Waals surface area contributed by atoms with Crippen molar-refractivity contribution in [3.8, 4) is 0 Å². The maximum Gasteiger partial charge on any atom is 0.277 e. The molecule has 0 aliphatic rings. The summed E-state index contributed by atoms with van der Waals surface area (Å²) in [5.41, 5.74) is 2.02. The zero-order chi connectivity index (χ0) is 12.4. The largest absolute Gasteiger partial charge is 0.361 e. The second kappa shape index (κ2) is 4.71. The summed E-state index contributed by atoms with van der Waals surface area (Å²) in [7, 11) is 0. The molecule has 1 aromatic heterocycles. The van der Waals surface area contributed by atoms with Gasteiger partial charge in [0.05, 0.1) is 0 Å². The molecule has 0 unspecified atom stereocenters. The smallest absolute Gasteiger partial charge is 0.277 e. The van der Waals surface area contributed by atoms with Crippen LogP contribution in [0.1, 0.15) is 21.8 Å². The topological polar surface area (TPSA) is 55.1 Å². The standard InChI is InChI=1S/C12H11BrN2O2/c1-7-5-9(13)3-4-10(7)14-12(16)11-6-8(2)17-15-11/h3-6H,1-2H3,(H,14,16). The Morgan fingerprint density at radius 2 is 2.12 bits per heavy atom. The highest BCUT2D eigenvalue weighted by atomic mass is 79.9. The summed E-state index contributed by atoms with van der Waals surface area (Å²) in [4.78, 5) is 11.8. The number of aryl methyl sites for hydroxylation is 2. The Morgan fingerprint density at radius 1 is 1.35 bits per heavy atom. The van der Waals surface area contributed by atoms with Gasteiger partial charge in [-0.2, -0.15) is 0 Å². The van der Waals surface area contributed by atoms with Crippen molar-refractivity contribution in [2.24, 2.45) is 0 Å². The van der Waals surface area contributed by atoms with Gasteiger partial charge in [-0.3, -0.25) is 4.79 Å². The predicted molar refractivity (Wildman–Crippen MR) is 68.1 cm³/mol. The number of nitrogens with zero attached hydrogens (tertiary/aromatic N) is 1. The number of hydrogen-bond acceptors (Lipinski definition) is 3. The minimum absolute atomic E-state index is 0.271. The molecule has 1 aromatic carbocycles. The summed E-state index contributed by atoms with van der Waals surface area (Å²) < 4.78 is 5.83. The summed E-state index contributed by atoms with van der Waals surface area (Å²) in [6, 6.07) is 7.24. The molecule has 0 atom stereocenters. The Kier molecular flexibility index (Phi) is 3.28. The van der Waals surface area contributed by atoms with Crippen LogP contribution < -0.4 is 5.32 Å². The fourth-order valence-corrected chi connectivity index (χ4v) is 1.90. The quantitative estimate of drug-likeness (QED) is 0.924. The first-order chi connectivity index (χ1) is 8.06. The molecule has 1 N–H and O–H groups in total. The van der Waals surface area contributed by atoms with Gasteiger partial charge < -0.3 is 9.84 Å². The number of benzene rings is 1. The van der Waals surface area contributed by atoms with Gasteiger partial charge in [-0.05, 0) is 37.6 Å². The number of amides is 1. The predicted octanol–water partition coefficient (Wildman–Crippen LogP) is 3.31. The van der Waals surface area contributed by atoms with E-state index in [2.05, 4.69) is 26.4 Å². The fraction of sp³-hybridized carbons (Fsp3) is 0.167. The first kappa shape index (κ1) is 11.9. The molecule has 0 bridgehead atoms. The number of halogens is 1. The van der Waals surface area contributed by atoms with Crippen LogP contribution >= 0.6 is 15.9 Å². The molecule has 0 fully saturated rings. The number of carbonyl (C=O) groups excluding carboxylic acids is 1. The van der Waals surface area contributed by atoms with Crippen LogP contribution in [0.3, 0.4) is 0 Å². The number of hydrogen-bond donors (Lipinski definition) is 1. The summed E-state index contributed by atoms with van der Waals surface area (Å²) in [5, 5.41) is 6.45. The summed E-state index contributed by atoms with van der Waals surface area (Å²) in [5.74, 6) is 0.343. The van der Waals surface area contributed by atoms with E-state index in [9.17, 15) is 4.79 Å². The van der Waals surface area contributed by atoms with Crippen LogP contribution in [-0.4, -0.2) is 11.1 Å². The Balaban J connectivity index is 2.18. The SMILES string of the molecule is Cc1cc(C(=O)Nc2ccc(Br)cc2C)no1. The van der Waals surface area contributed by atoms with E-state index in [-0.39, 0.29) is 11.6 Å². The Labute approximate surface area is 107 Å². The van der Waals surface area contributed by atoms with E-state index in [0.717, 1.165) is 15.7 Å². The lowest BCUT2D eigenvalue weighted by atomic mass is 10.2. The number of carbonyl (C=O) groups is 1. The zero-order valence-electron chi connectivity index (χ0n) is 9.45. The van der Waals surface area contributed by atoms with Crippen molar-refractivity contribution >= 4 is 27.5 Å². The van der Waals surface area contributed by atoms with Gasteiger partial charge in [0.15, 0.2) is 5.69 Å². The number of aromatic nitrogens is 1. The van der Waals surface area contributed by atoms with Gasteiger partial charge >= 0.3 is 0 Å². The number of anilines is 1. The van der Waals surface area contributed by atoms with E-state index in [1.165, 1.54) is 0 Å². The lowest BCUT2D eigenvalue weighted by Crippen LogP contribution is -2.12. The van der Waals surface area contributed by atoms with E-state index in [1.54, 1.807) is 13.0 Å². The summed E-state index contributed by atoms with van der Waals surface area (Å²) in [6.45, 7) is 3.67. The summed E-state index contributed by atoms with van der Waals surface area (Å²) in [6.07, 6.45) is 0. The Bertz CT molecular complexity index is 563. The molecule has 1 amide bonds. The van der Waals surface area contributed by atoms with E-state index in [0.29, 0.717) is 5.76 Å². The van der Waals surface area contributed by atoms with Gasteiger partial charge in [0, 0.05) is 16.2 Å². The van der Waals surface area contributed by atoms with Crippen molar-refractivity contribution < 1.29 is 9.32 Å². The van der Waals surface area contributed by atoms with Gasteiger partial charge in [0.1, 0.15) is 5.76 Å². The van der Waals surface area contributed by atoms with Crippen molar-refractivity contribution in [3.05, 3.63) is 45.8 Å². The molecule has 1 heterocycles. The van der Waals surface area contributed by atoms with Gasteiger partial charge in [0.2, 0.25) is 0 Å². The maximum absolute atomic E-state index is 11.8. The normalized spacial score (nSPS) is 10.3. The Morgan fingerprint density at radius 3 is 2.71 bits per heavy atom. The highest BCUT2D eigenvalue weighted by Crippen LogP contribution is 2.20. The third-order valence-corrected chi connectivity index (χ3v) is 2.79.